The van der Waals surface area contributed by atoms with Crippen molar-refractivity contribution in [3.05, 3.63) is 79.7 Å². The number of halogens is 1. The Morgan fingerprint density at radius 3 is 2.02 bits per heavy atom. The summed E-state index contributed by atoms with van der Waals surface area (Å²) in [5, 5.41) is 9.93. The van der Waals surface area contributed by atoms with Gasteiger partial charge in [0, 0.05) is 41.3 Å². The first kappa shape index (κ1) is 30.3. The molecule has 1 N–H and O–H groups in total. The van der Waals surface area contributed by atoms with Crippen LogP contribution in [0, 0.1) is 14.4 Å². The SMILES string of the molecule is CCOc1cc(C2C3=C(CC(C)(C)CC3=O)N(CC(=O)O)C3=C2C(=O)CC(C)(C)C3)cc(I)c1OCc1ccccc1. The number of hydrogen-bond acceptors (Lipinski definition) is 6. The van der Waals surface area contributed by atoms with Gasteiger partial charge in [0.15, 0.2) is 23.1 Å². The maximum atomic E-state index is 14.0. The van der Waals surface area contributed by atoms with Gasteiger partial charge in [-0.05, 0) is 76.4 Å². The maximum absolute atomic E-state index is 14.0. The number of ether oxygens (including phenoxy) is 2. The Balaban J connectivity index is 1.69. The molecule has 2 aromatic rings. The number of hydrogen-bond donors (Lipinski definition) is 1. The number of benzene rings is 2. The minimum atomic E-state index is -0.994. The highest BCUT2D eigenvalue weighted by Gasteiger charge is 2.49. The summed E-state index contributed by atoms with van der Waals surface area (Å²) in [6.07, 6.45) is 1.77. The Hall–Kier alpha value is -3.14. The molecule has 0 spiro atoms. The molecular formula is C34H38INO6. The Kier molecular flexibility index (Phi) is 8.31. The van der Waals surface area contributed by atoms with Gasteiger partial charge in [-0.2, -0.15) is 0 Å². The van der Waals surface area contributed by atoms with E-state index in [-0.39, 0.29) is 28.9 Å². The zero-order valence-corrected chi connectivity index (χ0v) is 27.0. The lowest BCUT2D eigenvalue weighted by Crippen LogP contribution is -2.45. The third-order valence-electron chi connectivity index (χ3n) is 8.21. The van der Waals surface area contributed by atoms with Gasteiger partial charge in [0.05, 0.1) is 10.2 Å². The summed E-state index contributed by atoms with van der Waals surface area (Å²) in [5.74, 6) is -0.495. The number of carbonyl (C=O) groups excluding carboxylic acids is 2. The van der Waals surface area contributed by atoms with Crippen molar-refractivity contribution in [3.63, 3.8) is 0 Å². The first-order chi connectivity index (χ1) is 19.8. The molecule has 1 heterocycles. The predicted molar refractivity (Wildman–Crippen MR) is 168 cm³/mol. The minimum absolute atomic E-state index is 0.0387. The molecular weight excluding hydrogens is 645 g/mol. The number of carbonyl (C=O) groups is 3. The fraction of sp³-hybridized carbons (Fsp3) is 0.441. The van der Waals surface area contributed by atoms with Crippen LogP contribution in [-0.4, -0.2) is 40.7 Å². The predicted octanol–water partition coefficient (Wildman–Crippen LogP) is 7.04. The van der Waals surface area contributed by atoms with Crippen molar-refractivity contribution >= 4 is 40.1 Å². The van der Waals surface area contributed by atoms with Crippen LogP contribution >= 0.6 is 22.6 Å². The number of allylic oxidation sites excluding steroid dienone is 4. The minimum Gasteiger partial charge on any atom is -0.490 e. The molecule has 222 valence electrons. The molecule has 2 aliphatic carbocycles. The molecule has 3 aliphatic rings. The van der Waals surface area contributed by atoms with Gasteiger partial charge in [-0.25, -0.2) is 0 Å². The number of nitrogens with zero attached hydrogens (tertiary/aromatic N) is 1. The molecule has 0 radical (unpaired) electrons. The van der Waals surface area contributed by atoms with E-state index in [4.69, 9.17) is 9.47 Å². The van der Waals surface area contributed by atoms with E-state index in [2.05, 4.69) is 22.6 Å². The van der Waals surface area contributed by atoms with Crippen LogP contribution in [-0.2, 0) is 21.0 Å². The topological polar surface area (TPSA) is 93.1 Å². The van der Waals surface area contributed by atoms with Crippen LogP contribution < -0.4 is 9.47 Å². The van der Waals surface area contributed by atoms with Crippen LogP contribution in [0.1, 0.15) is 77.3 Å². The molecule has 8 heteroatoms. The van der Waals surface area contributed by atoms with Crippen LogP contribution in [0.4, 0.5) is 0 Å². The van der Waals surface area contributed by atoms with Gasteiger partial charge in [0.1, 0.15) is 13.2 Å². The second-order valence-corrected chi connectivity index (χ2v) is 14.2. The monoisotopic (exact) mass is 683 g/mol. The molecule has 1 aliphatic heterocycles. The molecule has 0 aromatic heterocycles. The van der Waals surface area contributed by atoms with E-state index in [0.717, 1.165) is 26.1 Å². The first-order valence-corrected chi connectivity index (χ1v) is 15.5. The van der Waals surface area contributed by atoms with Gasteiger partial charge in [0.25, 0.3) is 0 Å². The quantitative estimate of drug-likeness (QED) is 0.299. The van der Waals surface area contributed by atoms with Gasteiger partial charge >= 0.3 is 5.97 Å². The summed E-state index contributed by atoms with van der Waals surface area (Å²) in [5.41, 5.74) is 3.69. The van der Waals surface area contributed by atoms with Crippen LogP contribution in [0.2, 0.25) is 0 Å². The molecule has 42 heavy (non-hydrogen) atoms. The van der Waals surface area contributed by atoms with Crippen LogP contribution in [0.25, 0.3) is 0 Å². The third kappa shape index (κ3) is 6.00. The molecule has 0 fully saturated rings. The normalized spacial score (nSPS) is 19.9. The maximum Gasteiger partial charge on any atom is 0.323 e. The van der Waals surface area contributed by atoms with E-state index in [9.17, 15) is 19.5 Å². The van der Waals surface area contributed by atoms with Crippen molar-refractivity contribution < 1.29 is 29.0 Å². The summed E-state index contributed by atoms with van der Waals surface area (Å²) < 4.78 is 13.2. The lowest BCUT2D eigenvalue weighted by atomic mass is 9.63. The Labute approximate surface area is 261 Å². The second kappa shape index (κ2) is 11.5. The van der Waals surface area contributed by atoms with E-state index in [0.29, 0.717) is 61.5 Å². The summed E-state index contributed by atoms with van der Waals surface area (Å²) in [6, 6.07) is 13.8. The number of carboxylic acid groups (broad SMARTS) is 1. The lowest BCUT2D eigenvalue weighted by molar-refractivity contribution is -0.138. The van der Waals surface area contributed by atoms with Crippen molar-refractivity contribution in [2.45, 2.75) is 72.8 Å². The molecule has 0 unspecified atom stereocenters. The van der Waals surface area contributed by atoms with Crippen molar-refractivity contribution in [2.24, 2.45) is 10.8 Å². The van der Waals surface area contributed by atoms with E-state index >= 15 is 0 Å². The van der Waals surface area contributed by atoms with E-state index in [1.807, 2.05) is 77.1 Å². The Morgan fingerprint density at radius 2 is 1.50 bits per heavy atom. The van der Waals surface area contributed by atoms with Gasteiger partial charge in [-0.1, -0.05) is 58.0 Å². The highest BCUT2D eigenvalue weighted by molar-refractivity contribution is 14.1. The molecule has 2 aromatic carbocycles. The third-order valence-corrected chi connectivity index (χ3v) is 9.01. The lowest BCUT2D eigenvalue weighted by Gasteiger charge is -2.48. The van der Waals surface area contributed by atoms with Crippen molar-refractivity contribution in [3.8, 4) is 11.5 Å². The largest absolute Gasteiger partial charge is 0.490 e. The Morgan fingerprint density at radius 1 is 0.929 bits per heavy atom. The molecule has 0 saturated heterocycles. The summed E-state index contributed by atoms with van der Waals surface area (Å²) in [6.45, 7) is 10.6. The fourth-order valence-electron chi connectivity index (χ4n) is 6.59. The summed E-state index contributed by atoms with van der Waals surface area (Å²) >= 11 is 2.23. The zero-order chi connectivity index (χ0) is 30.4. The smallest absolute Gasteiger partial charge is 0.323 e. The Bertz CT molecular complexity index is 1450. The van der Waals surface area contributed by atoms with E-state index in [1.54, 1.807) is 4.90 Å². The molecule has 5 rings (SSSR count). The average molecular weight is 684 g/mol. The summed E-state index contributed by atoms with van der Waals surface area (Å²) in [7, 11) is 0. The molecule has 0 bridgehead atoms. The average Bonchev–Trinajstić information content (AvgIpc) is 2.88. The number of Topliss-reactive ketones (excluding diaryl/α,β-unsaturated/α-hetero) is 2. The van der Waals surface area contributed by atoms with Crippen LogP contribution in [0.3, 0.4) is 0 Å². The number of aliphatic carboxylic acids is 1. The second-order valence-electron chi connectivity index (χ2n) is 13.1. The van der Waals surface area contributed by atoms with E-state index < -0.39 is 11.9 Å². The highest BCUT2D eigenvalue weighted by Crippen LogP contribution is 2.55. The molecule has 0 atom stereocenters. The van der Waals surface area contributed by atoms with Crippen molar-refractivity contribution in [1.29, 1.82) is 0 Å². The van der Waals surface area contributed by atoms with Crippen LogP contribution in [0.5, 0.6) is 11.5 Å². The highest BCUT2D eigenvalue weighted by atomic mass is 127. The van der Waals surface area contributed by atoms with Gasteiger partial charge in [0.2, 0.25) is 0 Å². The molecule has 0 amide bonds. The molecule has 0 saturated carbocycles. The van der Waals surface area contributed by atoms with Crippen molar-refractivity contribution in [2.75, 3.05) is 13.2 Å². The number of carboxylic acids is 1. The van der Waals surface area contributed by atoms with Gasteiger partial charge < -0.3 is 19.5 Å². The van der Waals surface area contributed by atoms with Gasteiger partial charge in [-0.3, -0.25) is 14.4 Å². The first-order valence-electron chi connectivity index (χ1n) is 14.4. The summed E-state index contributed by atoms with van der Waals surface area (Å²) in [4.78, 5) is 41.8. The van der Waals surface area contributed by atoms with Crippen molar-refractivity contribution in [1.82, 2.24) is 4.90 Å². The molecule has 7 nitrogen and oxygen atoms in total. The fourth-order valence-corrected chi connectivity index (χ4v) is 7.38. The standard InChI is InChI=1S/C34H38INO6/c1-6-41-27-13-21(12-22(35)32(27)42-19-20-10-8-7-9-11-20)29-30-23(14-33(2,3)16-25(30)37)36(18-28(39)40)24-15-34(4,5)17-26(38)31(24)29/h7-13,29H,6,14-19H2,1-5H3,(H,39,40). The van der Waals surface area contributed by atoms with Gasteiger partial charge in [-0.15, -0.1) is 0 Å². The number of rotatable bonds is 8. The van der Waals surface area contributed by atoms with E-state index in [1.165, 1.54) is 0 Å². The zero-order valence-electron chi connectivity index (χ0n) is 24.9. The number of ketones is 2. The van der Waals surface area contributed by atoms with Crippen LogP contribution in [0.15, 0.2) is 65.0 Å².